The van der Waals surface area contributed by atoms with Crippen molar-refractivity contribution in [3.63, 3.8) is 0 Å². The van der Waals surface area contributed by atoms with Crippen LogP contribution in [0.3, 0.4) is 0 Å². The molecule has 0 bridgehead atoms. The first-order valence-electron chi connectivity index (χ1n) is 7.63. The number of hydrogen-bond donors (Lipinski definition) is 1. The average molecular weight is 426 g/mol. The molecule has 0 aliphatic carbocycles. The van der Waals surface area contributed by atoms with E-state index in [1.165, 1.54) is 6.07 Å². The van der Waals surface area contributed by atoms with Crippen molar-refractivity contribution < 1.29 is 8.78 Å². The monoisotopic (exact) mass is 424 g/mol. The van der Waals surface area contributed by atoms with Crippen molar-refractivity contribution in [3.05, 3.63) is 57.3 Å². The molecular weight excluding hydrogens is 414 g/mol. The highest BCUT2D eigenvalue weighted by Crippen LogP contribution is 2.37. The molecule has 0 saturated heterocycles. The van der Waals surface area contributed by atoms with Crippen LogP contribution in [0.2, 0.25) is 5.28 Å². The number of hydrogen-bond acceptors (Lipinski definition) is 4. The summed E-state index contributed by atoms with van der Waals surface area (Å²) in [5, 5.41) is 3.33. The molecule has 1 aromatic heterocycles. The standard InChI is InChI=1S/C17H12BrClF2N4/c18-10-2-1-3-13-9(10)8-22-6-7-25(13)16-14-12(23-17(19)24-16)5-4-11(20)15(14)21/h1-5,22H,6-8H2. The fraction of sp³-hybridized carbons (Fsp3) is 0.176. The van der Waals surface area contributed by atoms with Crippen LogP contribution in [-0.2, 0) is 6.54 Å². The van der Waals surface area contributed by atoms with Gasteiger partial charge in [-0.25, -0.2) is 13.8 Å². The second-order valence-electron chi connectivity index (χ2n) is 5.64. The van der Waals surface area contributed by atoms with E-state index in [0.29, 0.717) is 19.6 Å². The molecule has 0 spiro atoms. The largest absolute Gasteiger partial charge is 0.324 e. The molecule has 0 saturated carbocycles. The zero-order chi connectivity index (χ0) is 17.6. The van der Waals surface area contributed by atoms with Gasteiger partial charge in [0.25, 0.3) is 0 Å². The van der Waals surface area contributed by atoms with E-state index >= 15 is 0 Å². The van der Waals surface area contributed by atoms with Gasteiger partial charge >= 0.3 is 0 Å². The highest BCUT2D eigenvalue weighted by atomic mass is 79.9. The molecule has 0 amide bonds. The molecule has 0 fully saturated rings. The number of benzene rings is 2. The van der Waals surface area contributed by atoms with Crippen LogP contribution < -0.4 is 10.2 Å². The average Bonchev–Trinajstić information content (AvgIpc) is 2.81. The third-order valence-corrected chi connectivity index (χ3v) is 5.07. The van der Waals surface area contributed by atoms with Gasteiger partial charge in [0, 0.05) is 35.4 Å². The summed E-state index contributed by atoms with van der Waals surface area (Å²) < 4.78 is 29.3. The van der Waals surface area contributed by atoms with E-state index in [0.717, 1.165) is 21.8 Å². The lowest BCUT2D eigenvalue weighted by molar-refractivity contribution is 0.516. The summed E-state index contributed by atoms with van der Waals surface area (Å²) in [5.74, 6) is -1.66. The normalized spacial score (nSPS) is 14.5. The van der Waals surface area contributed by atoms with Crippen LogP contribution in [0.1, 0.15) is 5.56 Å². The molecule has 2 aromatic carbocycles. The van der Waals surface area contributed by atoms with Gasteiger partial charge in [0.05, 0.1) is 10.9 Å². The highest BCUT2D eigenvalue weighted by Gasteiger charge is 2.24. The van der Waals surface area contributed by atoms with Crippen LogP contribution in [0.4, 0.5) is 20.3 Å². The maximum absolute atomic E-state index is 14.6. The summed E-state index contributed by atoms with van der Waals surface area (Å²) in [7, 11) is 0. The molecule has 4 nitrogen and oxygen atoms in total. The molecule has 3 aromatic rings. The Morgan fingerprint density at radius 1 is 1.16 bits per heavy atom. The van der Waals surface area contributed by atoms with Crippen LogP contribution in [0, 0.1) is 11.6 Å². The van der Waals surface area contributed by atoms with Crippen molar-refractivity contribution in [2.45, 2.75) is 6.54 Å². The Kier molecular flexibility index (Phi) is 4.31. The van der Waals surface area contributed by atoms with Crippen LogP contribution >= 0.6 is 27.5 Å². The quantitative estimate of drug-likeness (QED) is 0.580. The molecule has 1 N–H and O–H groups in total. The Morgan fingerprint density at radius 2 is 2.00 bits per heavy atom. The minimum atomic E-state index is -0.974. The van der Waals surface area contributed by atoms with Gasteiger partial charge in [0.1, 0.15) is 5.82 Å². The van der Waals surface area contributed by atoms with Crippen LogP contribution in [-0.4, -0.2) is 23.1 Å². The predicted molar refractivity (Wildman–Crippen MR) is 97.3 cm³/mol. The zero-order valence-electron chi connectivity index (χ0n) is 12.9. The second kappa shape index (κ2) is 6.48. The van der Waals surface area contributed by atoms with E-state index in [9.17, 15) is 8.78 Å². The Balaban J connectivity index is 2.02. The number of nitrogens with zero attached hydrogens (tertiary/aromatic N) is 3. The fourth-order valence-electron chi connectivity index (χ4n) is 3.03. The molecule has 2 heterocycles. The summed E-state index contributed by atoms with van der Waals surface area (Å²) >= 11 is 9.59. The fourth-order valence-corrected chi connectivity index (χ4v) is 3.70. The van der Waals surface area contributed by atoms with Crippen molar-refractivity contribution in [2.75, 3.05) is 18.0 Å². The van der Waals surface area contributed by atoms with E-state index in [1.807, 2.05) is 23.1 Å². The number of nitrogens with one attached hydrogen (secondary N) is 1. The third kappa shape index (κ3) is 2.86. The van der Waals surface area contributed by atoms with E-state index in [2.05, 4.69) is 31.2 Å². The van der Waals surface area contributed by atoms with Gasteiger partial charge in [-0.1, -0.05) is 22.0 Å². The third-order valence-electron chi connectivity index (χ3n) is 4.16. The smallest absolute Gasteiger partial charge is 0.224 e. The minimum absolute atomic E-state index is 0.0118. The summed E-state index contributed by atoms with van der Waals surface area (Å²) in [6, 6.07) is 8.20. The molecule has 4 rings (SSSR count). The zero-order valence-corrected chi connectivity index (χ0v) is 15.2. The Bertz CT molecular complexity index is 983. The molecule has 0 radical (unpaired) electrons. The molecule has 25 heavy (non-hydrogen) atoms. The van der Waals surface area contributed by atoms with Crippen molar-refractivity contribution >= 4 is 49.9 Å². The topological polar surface area (TPSA) is 41.1 Å². The van der Waals surface area contributed by atoms with Crippen LogP contribution in [0.15, 0.2) is 34.8 Å². The number of halogens is 4. The Hall–Kier alpha value is -1.83. The van der Waals surface area contributed by atoms with Gasteiger partial charge in [-0.15, -0.1) is 0 Å². The van der Waals surface area contributed by atoms with Crippen molar-refractivity contribution in [2.24, 2.45) is 0 Å². The number of fused-ring (bicyclic) bond motifs is 2. The van der Waals surface area contributed by atoms with Crippen LogP contribution in [0.5, 0.6) is 0 Å². The Labute approximate surface area is 156 Å². The number of anilines is 2. The van der Waals surface area contributed by atoms with E-state index in [1.54, 1.807) is 0 Å². The van der Waals surface area contributed by atoms with Gasteiger partial charge in [0.2, 0.25) is 5.28 Å². The molecule has 0 atom stereocenters. The first kappa shape index (κ1) is 16.6. The van der Waals surface area contributed by atoms with Gasteiger partial charge < -0.3 is 10.2 Å². The summed E-state index contributed by atoms with van der Waals surface area (Å²) in [6.07, 6.45) is 0. The summed E-state index contributed by atoms with van der Waals surface area (Å²) in [5.41, 5.74) is 2.14. The highest BCUT2D eigenvalue weighted by molar-refractivity contribution is 9.10. The lowest BCUT2D eigenvalue weighted by Crippen LogP contribution is -2.25. The van der Waals surface area contributed by atoms with E-state index in [-0.39, 0.29) is 22.0 Å². The lowest BCUT2D eigenvalue weighted by atomic mass is 10.1. The van der Waals surface area contributed by atoms with Gasteiger partial charge in [0.15, 0.2) is 11.6 Å². The SMILES string of the molecule is Fc1ccc2nc(Cl)nc(N3CCNCc4c(Br)cccc43)c2c1F. The Morgan fingerprint density at radius 3 is 2.84 bits per heavy atom. The molecule has 1 aliphatic rings. The maximum atomic E-state index is 14.6. The maximum Gasteiger partial charge on any atom is 0.224 e. The molecule has 1 aliphatic heterocycles. The summed E-state index contributed by atoms with van der Waals surface area (Å²) in [4.78, 5) is 10.1. The second-order valence-corrected chi connectivity index (χ2v) is 6.83. The molecule has 128 valence electrons. The minimum Gasteiger partial charge on any atom is -0.324 e. The van der Waals surface area contributed by atoms with Crippen molar-refractivity contribution in [3.8, 4) is 0 Å². The number of aromatic nitrogens is 2. The molecular formula is C17H12BrClF2N4. The molecule has 0 unspecified atom stereocenters. The number of rotatable bonds is 1. The lowest BCUT2D eigenvalue weighted by Gasteiger charge is -2.25. The first-order chi connectivity index (χ1) is 12.1. The van der Waals surface area contributed by atoms with Gasteiger partial charge in [-0.2, -0.15) is 4.98 Å². The molecule has 8 heteroatoms. The van der Waals surface area contributed by atoms with Gasteiger partial charge in [-0.05, 0) is 35.9 Å². The van der Waals surface area contributed by atoms with Crippen molar-refractivity contribution in [1.82, 2.24) is 15.3 Å². The summed E-state index contributed by atoms with van der Waals surface area (Å²) in [6.45, 7) is 1.84. The predicted octanol–water partition coefficient (Wildman–Crippen LogP) is 4.57. The van der Waals surface area contributed by atoms with Gasteiger partial charge in [-0.3, -0.25) is 0 Å². The van der Waals surface area contributed by atoms with E-state index in [4.69, 9.17) is 11.6 Å². The van der Waals surface area contributed by atoms with Crippen molar-refractivity contribution in [1.29, 1.82) is 0 Å². The van der Waals surface area contributed by atoms with E-state index < -0.39 is 11.6 Å². The van der Waals surface area contributed by atoms with Crippen LogP contribution in [0.25, 0.3) is 10.9 Å². The first-order valence-corrected chi connectivity index (χ1v) is 8.80.